The Labute approximate surface area is 147 Å². The van der Waals surface area contributed by atoms with E-state index >= 15 is 0 Å². The number of rotatable bonds is 7. The molecule has 0 saturated heterocycles. The molecule has 9 heteroatoms. The predicted molar refractivity (Wildman–Crippen MR) is 95.1 cm³/mol. The number of hydrogen-bond donors (Lipinski definition) is 1. The number of aromatic nitrogens is 2. The van der Waals surface area contributed by atoms with Crippen molar-refractivity contribution >= 4 is 52.4 Å². The Balaban J connectivity index is 1.82. The summed E-state index contributed by atoms with van der Waals surface area (Å²) in [6.07, 6.45) is 1.95. The number of likely N-dealkylation sites (N-methyl/N-ethyl adjacent to an activating group) is 1. The lowest BCUT2D eigenvalue weighted by molar-refractivity contribution is -0.131. The summed E-state index contributed by atoms with van der Waals surface area (Å²) in [5.74, 6) is -0.109. The van der Waals surface area contributed by atoms with Crippen LogP contribution in [0.3, 0.4) is 0 Å². The first-order valence-electron chi connectivity index (χ1n) is 6.66. The fraction of sp³-hybridized carbons (Fsp3) is 0.286. The van der Waals surface area contributed by atoms with Gasteiger partial charge in [-0.1, -0.05) is 35.2 Å². The van der Waals surface area contributed by atoms with Crippen LogP contribution in [0.15, 0.2) is 39.0 Å². The van der Waals surface area contributed by atoms with Crippen LogP contribution in [0.4, 0.5) is 5.69 Å². The van der Waals surface area contributed by atoms with Crippen molar-refractivity contribution in [2.75, 3.05) is 30.9 Å². The van der Waals surface area contributed by atoms with Crippen molar-refractivity contribution in [2.45, 2.75) is 9.24 Å². The van der Waals surface area contributed by atoms with E-state index in [9.17, 15) is 9.59 Å². The number of carbonyl (C=O) groups excluding carboxylic acids is 2. The second kappa shape index (κ2) is 8.90. The summed E-state index contributed by atoms with van der Waals surface area (Å²) < 4.78 is 0.741. The fourth-order valence-electron chi connectivity index (χ4n) is 1.70. The van der Waals surface area contributed by atoms with Gasteiger partial charge in [-0.3, -0.25) is 9.59 Å². The summed E-state index contributed by atoms with van der Waals surface area (Å²) in [6.45, 7) is 0.0121. The molecule has 0 saturated carbocycles. The first-order valence-corrected chi connectivity index (χ1v) is 9.75. The number of thioether (sulfide) groups is 2. The quantitative estimate of drug-likeness (QED) is 0.757. The molecule has 0 aliphatic heterocycles. The molecule has 1 N–H and O–H groups in total. The van der Waals surface area contributed by atoms with E-state index in [1.807, 2.05) is 30.5 Å². The van der Waals surface area contributed by atoms with Crippen LogP contribution in [0.25, 0.3) is 0 Å². The van der Waals surface area contributed by atoms with E-state index in [-0.39, 0.29) is 24.1 Å². The van der Waals surface area contributed by atoms with E-state index in [0.29, 0.717) is 0 Å². The van der Waals surface area contributed by atoms with Gasteiger partial charge in [0, 0.05) is 11.9 Å². The van der Waals surface area contributed by atoms with E-state index in [1.54, 1.807) is 24.3 Å². The Morgan fingerprint density at radius 2 is 2.13 bits per heavy atom. The van der Waals surface area contributed by atoms with E-state index in [2.05, 4.69) is 15.5 Å². The summed E-state index contributed by atoms with van der Waals surface area (Å²) in [5, 5.41) is 10.4. The standard InChI is InChI=1S/C14H16N4O2S3/c1-18(13(20)8-22-14-17-15-9-23-14)7-12(19)16-10-5-3-4-6-11(10)21-2/h3-6,9H,7-8H2,1-2H3,(H,16,19). The van der Waals surface area contributed by atoms with E-state index < -0.39 is 0 Å². The third kappa shape index (κ3) is 5.52. The van der Waals surface area contributed by atoms with Gasteiger partial charge >= 0.3 is 0 Å². The topological polar surface area (TPSA) is 75.2 Å². The number of carbonyl (C=O) groups is 2. The first kappa shape index (κ1) is 17.8. The van der Waals surface area contributed by atoms with Gasteiger partial charge in [-0.2, -0.15) is 0 Å². The maximum atomic E-state index is 12.1. The van der Waals surface area contributed by atoms with Gasteiger partial charge in [0.25, 0.3) is 0 Å². The Morgan fingerprint density at radius 1 is 1.35 bits per heavy atom. The zero-order valence-electron chi connectivity index (χ0n) is 12.7. The molecule has 2 amide bonds. The SMILES string of the molecule is CSc1ccccc1NC(=O)CN(C)C(=O)CSc1nncs1. The molecular formula is C14H16N4O2S3. The molecule has 1 aromatic heterocycles. The van der Waals surface area contributed by atoms with Gasteiger partial charge in [-0.05, 0) is 18.4 Å². The molecular weight excluding hydrogens is 352 g/mol. The number of nitrogens with zero attached hydrogens (tertiary/aromatic N) is 3. The number of benzene rings is 1. The van der Waals surface area contributed by atoms with Crippen LogP contribution in [-0.2, 0) is 9.59 Å². The van der Waals surface area contributed by atoms with Crippen molar-refractivity contribution < 1.29 is 9.59 Å². The Hall–Kier alpha value is -1.58. The fourth-order valence-corrected chi connectivity index (χ4v) is 3.68. The van der Waals surface area contributed by atoms with Crippen LogP contribution >= 0.6 is 34.9 Å². The third-order valence-electron chi connectivity index (χ3n) is 2.85. The second-order valence-corrected chi connectivity index (χ2v) is 7.40. The molecule has 1 heterocycles. The average molecular weight is 369 g/mol. The highest BCUT2D eigenvalue weighted by Crippen LogP contribution is 2.24. The minimum Gasteiger partial charge on any atom is -0.336 e. The lowest BCUT2D eigenvalue weighted by Gasteiger charge is -2.17. The summed E-state index contributed by atoms with van der Waals surface area (Å²) in [5.41, 5.74) is 2.38. The minimum atomic E-state index is -0.219. The molecule has 0 spiro atoms. The monoisotopic (exact) mass is 368 g/mol. The van der Waals surface area contributed by atoms with Crippen LogP contribution in [0, 0.1) is 0 Å². The highest BCUT2D eigenvalue weighted by Gasteiger charge is 2.15. The lowest BCUT2D eigenvalue weighted by atomic mass is 10.3. The highest BCUT2D eigenvalue weighted by atomic mass is 32.2. The molecule has 122 valence electrons. The molecule has 0 bridgehead atoms. The smallest absolute Gasteiger partial charge is 0.244 e. The minimum absolute atomic E-state index is 0.0121. The Morgan fingerprint density at radius 3 is 2.83 bits per heavy atom. The van der Waals surface area contributed by atoms with Crippen molar-refractivity contribution in [2.24, 2.45) is 0 Å². The number of nitrogens with one attached hydrogen (secondary N) is 1. The molecule has 23 heavy (non-hydrogen) atoms. The van der Waals surface area contributed by atoms with Crippen LogP contribution in [0.1, 0.15) is 0 Å². The molecule has 0 atom stereocenters. The van der Waals surface area contributed by atoms with Gasteiger partial charge in [-0.15, -0.1) is 22.0 Å². The average Bonchev–Trinajstić information content (AvgIpc) is 3.06. The molecule has 6 nitrogen and oxygen atoms in total. The number of hydrogen-bond acceptors (Lipinski definition) is 7. The molecule has 0 unspecified atom stereocenters. The summed E-state index contributed by atoms with van der Waals surface area (Å²) >= 11 is 4.26. The summed E-state index contributed by atoms with van der Waals surface area (Å²) in [6, 6.07) is 7.56. The van der Waals surface area contributed by atoms with Gasteiger partial charge in [0.2, 0.25) is 11.8 Å². The van der Waals surface area contributed by atoms with Gasteiger partial charge in [0.1, 0.15) is 5.51 Å². The largest absolute Gasteiger partial charge is 0.336 e. The number of amides is 2. The third-order valence-corrected chi connectivity index (χ3v) is 5.49. The molecule has 0 fully saturated rings. The van der Waals surface area contributed by atoms with E-state index in [1.165, 1.54) is 28.0 Å². The molecule has 0 aliphatic rings. The maximum absolute atomic E-state index is 12.1. The van der Waals surface area contributed by atoms with Crippen molar-refractivity contribution in [3.8, 4) is 0 Å². The van der Waals surface area contributed by atoms with Crippen LogP contribution in [0.2, 0.25) is 0 Å². The second-order valence-electron chi connectivity index (χ2n) is 4.49. The Kier molecular flexibility index (Phi) is 6.87. The lowest BCUT2D eigenvalue weighted by Crippen LogP contribution is -2.36. The zero-order chi connectivity index (χ0) is 16.7. The zero-order valence-corrected chi connectivity index (χ0v) is 15.1. The molecule has 1 aromatic carbocycles. The van der Waals surface area contributed by atoms with Gasteiger partial charge < -0.3 is 10.2 Å². The summed E-state index contributed by atoms with van der Waals surface area (Å²) in [7, 11) is 1.61. The van der Waals surface area contributed by atoms with Crippen molar-refractivity contribution in [3.05, 3.63) is 29.8 Å². The van der Waals surface area contributed by atoms with Crippen molar-refractivity contribution in [1.82, 2.24) is 15.1 Å². The van der Waals surface area contributed by atoms with Crippen molar-refractivity contribution in [1.29, 1.82) is 0 Å². The number of para-hydroxylation sites is 1. The van der Waals surface area contributed by atoms with E-state index in [4.69, 9.17) is 0 Å². The van der Waals surface area contributed by atoms with Crippen LogP contribution in [0.5, 0.6) is 0 Å². The van der Waals surface area contributed by atoms with Crippen LogP contribution in [-0.4, -0.2) is 52.5 Å². The maximum Gasteiger partial charge on any atom is 0.244 e. The normalized spacial score (nSPS) is 10.3. The first-order chi connectivity index (χ1) is 11.1. The van der Waals surface area contributed by atoms with Gasteiger partial charge in [-0.25, -0.2) is 0 Å². The van der Waals surface area contributed by atoms with E-state index in [0.717, 1.165) is 14.9 Å². The Bertz CT molecular complexity index is 664. The highest BCUT2D eigenvalue weighted by molar-refractivity contribution is 8.01. The molecule has 0 aliphatic carbocycles. The van der Waals surface area contributed by atoms with Crippen molar-refractivity contribution in [3.63, 3.8) is 0 Å². The van der Waals surface area contributed by atoms with Gasteiger partial charge in [0.05, 0.1) is 18.0 Å². The predicted octanol–water partition coefficient (Wildman–Crippen LogP) is 2.45. The molecule has 2 aromatic rings. The molecule has 2 rings (SSSR count). The number of anilines is 1. The van der Waals surface area contributed by atoms with Gasteiger partial charge in [0.15, 0.2) is 4.34 Å². The molecule has 0 radical (unpaired) electrons. The van der Waals surface area contributed by atoms with Crippen LogP contribution < -0.4 is 5.32 Å². The summed E-state index contributed by atoms with van der Waals surface area (Å²) in [4.78, 5) is 26.5.